The van der Waals surface area contributed by atoms with Gasteiger partial charge in [0, 0.05) is 0 Å². The maximum absolute atomic E-state index is 10.4. The van der Waals surface area contributed by atoms with E-state index in [1.165, 1.54) is 7.48 Å². The lowest BCUT2D eigenvalue weighted by Gasteiger charge is -2.21. The molecule has 1 aliphatic heterocycles. The summed E-state index contributed by atoms with van der Waals surface area (Å²) in [4.78, 5) is 29.9. The summed E-state index contributed by atoms with van der Waals surface area (Å²) in [7, 11) is 1.26. The van der Waals surface area contributed by atoms with Crippen LogP contribution in [0.5, 0.6) is 0 Å². The van der Waals surface area contributed by atoms with Gasteiger partial charge < -0.3 is 15.0 Å². The highest BCUT2D eigenvalue weighted by atomic mass is 17.2. The number of carboxylic acid groups (broad SMARTS) is 2. The molecule has 71 valence electrons. The van der Waals surface area contributed by atoms with Crippen LogP contribution in [0.4, 0.5) is 0 Å². The molecule has 0 spiro atoms. The summed E-state index contributed by atoms with van der Waals surface area (Å²) in [5.41, 5.74) is -1.24. The van der Waals surface area contributed by atoms with Gasteiger partial charge in [-0.05, 0) is 6.32 Å². The Bertz CT molecular complexity index is 203. The summed E-state index contributed by atoms with van der Waals surface area (Å²) in [5.74, 6) is -2.22. The second-order valence-electron chi connectivity index (χ2n) is 2.87. The zero-order chi connectivity index (χ0) is 9.90. The molecule has 1 saturated heterocycles. The van der Waals surface area contributed by atoms with Gasteiger partial charge in [-0.15, -0.1) is 0 Å². The van der Waals surface area contributed by atoms with Gasteiger partial charge in [-0.1, -0.05) is 0 Å². The van der Waals surface area contributed by atoms with Crippen molar-refractivity contribution in [1.29, 1.82) is 0 Å². The second-order valence-corrected chi connectivity index (χ2v) is 2.87. The Morgan fingerprint density at radius 3 is 2.15 bits per heavy atom. The Labute approximate surface area is 74.6 Å². The third kappa shape index (κ3) is 2.71. The van der Waals surface area contributed by atoms with E-state index in [1.54, 1.807) is 0 Å². The Kier molecular flexibility index (Phi) is 2.89. The lowest BCUT2D eigenvalue weighted by atomic mass is 9.79. The number of rotatable bonds is 4. The van der Waals surface area contributed by atoms with E-state index in [0.717, 1.165) is 0 Å². The first kappa shape index (κ1) is 10.0. The topological polar surface area (TPSA) is 93.1 Å². The van der Waals surface area contributed by atoms with Crippen molar-refractivity contribution < 1.29 is 29.5 Å². The molecule has 2 N–H and O–H groups in total. The molecule has 6 nitrogen and oxygen atoms in total. The van der Waals surface area contributed by atoms with E-state index in [2.05, 4.69) is 9.69 Å². The van der Waals surface area contributed by atoms with Crippen LogP contribution in [0, 0.1) is 0 Å². The molecule has 0 aromatic carbocycles. The van der Waals surface area contributed by atoms with Crippen LogP contribution >= 0.6 is 0 Å². The summed E-state index contributed by atoms with van der Waals surface area (Å²) in [6.45, 7) is 0. The van der Waals surface area contributed by atoms with Gasteiger partial charge in [0.2, 0.25) is 0 Å². The van der Waals surface area contributed by atoms with Crippen LogP contribution in [0.1, 0.15) is 12.8 Å². The average Bonchev–Trinajstić information content (AvgIpc) is 2.33. The van der Waals surface area contributed by atoms with Crippen LogP contribution < -0.4 is 0 Å². The molecule has 1 aliphatic rings. The highest BCUT2D eigenvalue weighted by Gasteiger charge is 2.42. The lowest BCUT2D eigenvalue weighted by Crippen LogP contribution is -2.33. The summed E-state index contributed by atoms with van der Waals surface area (Å²) in [5, 5.41) is 17.0. The van der Waals surface area contributed by atoms with Crippen molar-refractivity contribution in [2.24, 2.45) is 0 Å². The number of hydrogen-bond donors (Lipinski definition) is 2. The molecule has 0 aliphatic carbocycles. The van der Waals surface area contributed by atoms with Crippen molar-refractivity contribution in [1.82, 2.24) is 0 Å². The number of aliphatic carboxylic acids is 2. The van der Waals surface area contributed by atoms with Crippen LogP contribution in [-0.4, -0.2) is 35.2 Å². The maximum atomic E-state index is 10.4. The smallest absolute Gasteiger partial charge is 0.347 e. The van der Waals surface area contributed by atoms with E-state index in [9.17, 15) is 9.59 Å². The van der Waals surface area contributed by atoms with E-state index in [0.29, 0.717) is 0 Å². The highest BCUT2D eigenvalue weighted by molar-refractivity contribution is 6.28. The van der Waals surface area contributed by atoms with Gasteiger partial charge in [0.05, 0.1) is 12.8 Å². The van der Waals surface area contributed by atoms with E-state index in [-0.39, 0.29) is 19.2 Å². The first-order valence-electron chi connectivity index (χ1n) is 3.64. The van der Waals surface area contributed by atoms with E-state index >= 15 is 0 Å². The van der Waals surface area contributed by atoms with Crippen LogP contribution in [0.25, 0.3) is 0 Å². The fourth-order valence-corrected chi connectivity index (χ4v) is 1.17. The van der Waals surface area contributed by atoms with Crippen molar-refractivity contribution >= 4 is 19.4 Å². The van der Waals surface area contributed by atoms with Crippen LogP contribution in [-0.2, 0) is 19.3 Å². The summed E-state index contributed by atoms with van der Waals surface area (Å²) >= 11 is 0. The second kappa shape index (κ2) is 3.76. The summed E-state index contributed by atoms with van der Waals surface area (Å²) in [6, 6.07) is 0. The molecule has 0 aromatic heterocycles. The Morgan fingerprint density at radius 2 is 1.85 bits per heavy atom. The Morgan fingerprint density at radius 1 is 1.31 bits per heavy atom. The van der Waals surface area contributed by atoms with Gasteiger partial charge in [-0.3, -0.25) is 9.59 Å². The fraction of sp³-hybridized carbons (Fsp3) is 0.667. The van der Waals surface area contributed by atoms with Crippen molar-refractivity contribution in [2.45, 2.75) is 24.8 Å². The molecule has 0 atom stereocenters. The largest absolute Gasteiger partial charge is 0.481 e. The molecule has 7 heteroatoms. The third-order valence-electron chi connectivity index (χ3n) is 1.70. The van der Waals surface area contributed by atoms with Crippen LogP contribution in [0.2, 0.25) is 6.32 Å². The van der Waals surface area contributed by atoms with Crippen LogP contribution in [0.3, 0.4) is 0 Å². The molecule has 0 saturated carbocycles. The zero-order valence-corrected chi connectivity index (χ0v) is 6.73. The Balaban J connectivity index is 2.62. The van der Waals surface area contributed by atoms with E-state index in [4.69, 9.17) is 10.2 Å². The maximum Gasteiger partial charge on any atom is 0.347 e. The van der Waals surface area contributed by atoms with Crippen molar-refractivity contribution in [2.75, 3.05) is 0 Å². The SMILES string of the molecule is O=C(O)CC1(CC(=O)O)C[B]OO1. The molecule has 0 bridgehead atoms. The molecular formula is C6H8BO6. The summed E-state index contributed by atoms with van der Waals surface area (Å²) < 4.78 is 0. The minimum atomic E-state index is -1.24. The molecule has 1 heterocycles. The fourth-order valence-electron chi connectivity index (χ4n) is 1.17. The standard InChI is InChI=1S/C6H8BO6/c8-4(9)1-6(2-5(10)11)3-7-13-12-6/h1-3H2,(H,8,9)(H,10,11). The van der Waals surface area contributed by atoms with Crippen molar-refractivity contribution in [3.05, 3.63) is 0 Å². The first-order chi connectivity index (χ1) is 6.04. The lowest BCUT2D eigenvalue weighted by molar-refractivity contribution is -0.267. The number of carboxylic acids is 2. The van der Waals surface area contributed by atoms with Crippen molar-refractivity contribution in [3.63, 3.8) is 0 Å². The van der Waals surface area contributed by atoms with Gasteiger partial charge in [0.15, 0.2) is 0 Å². The average molecular weight is 187 g/mol. The summed E-state index contributed by atoms with van der Waals surface area (Å²) in [6.07, 6.45) is -0.586. The van der Waals surface area contributed by atoms with E-state index < -0.39 is 17.5 Å². The van der Waals surface area contributed by atoms with E-state index in [1.807, 2.05) is 0 Å². The molecule has 1 radical (unpaired) electrons. The number of carbonyl (C=O) groups is 2. The van der Waals surface area contributed by atoms with Gasteiger partial charge in [-0.25, -0.2) is 4.89 Å². The molecule has 0 unspecified atom stereocenters. The molecule has 0 aromatic rings. The predicted molar refractivity (Wildman–Crippen MR) is 40.0 cm³/mol. The van der Waals surface area contributed by atoms with Gasteiger partial charge in [0.1, 0.15) is 5.60 Å². The normalized spacial score (nSPS) is 19.4. The number of hydrogen-bond acceptors (Lipinski definition) is 4. The van der Waals surface area contributed by atoms with Gasteiger partial charge in [0.25, 0.3) is 0 Å². The minimum absolute atomic E-state index is 0.172. The highest BCUT2D eigenvalue weighted by Crippen LogP contribution is 2.30. The molecule has 1 fully saturated rings. The quantitative estimate of drug-likeness (QED) is 0.462. The predicted octanol–water partition coefficient (Wildman–Crippen LogP) is -0.326. The molecule has 13 heavy (non-hydrogen) atoms. The molecular weight excluding hydrogens is 179 g/mol. The molecule has 0 amide bonds. The third-order valence-corrected chi connectivity index (χ3v) is 1.70. The Hall–Kier alpha value is -1.08. The zero-order valence-electron chi connectivity index (χ0n) is 6.73. The van der Waals surface area contributed by atoms with Crippen molar-refractivity contribution in [3.8, 4) is 0 Å². The monoisotopic (exact) mass is 187 g/mol. The van der Waals surface area contributed by atoms with Crippen LogP contribution in [0.15, 0.2) is 0 Å². The first-order valence-corrected chi connectivity index (χ1v) is 3.64. The molecule has 1 rings (SSSR count). The van der Waals surface area contributed by atoms with Gasteiger partial charge in [-0.2, -0.15) is 0 Å². The van der Waals surface area contributed by atoms with Gasteiger partial charge >= 0.3 is 19.4 Å². The minimum Gasteiger partial charge on any atom is -0.481 e.